The van der Waals surface area contributed by atoms with E-state index >= 15 is 0 Å². The van der Waals surface area contributed by atoms with Crippen LogP contribution in [0.4, 0.5) is 0 Å². The molecule has 2 rings (SSSR count). The molecule has 0 fully saturated rings. The summed E-state index contributed by atoms with van der Waals surface area (Å²) in [5, 5.41) is 9.02. The molecule has 120 valence electrons. The molecule has 22 heavy (non-hydrogen) atoms. The van der Waals surface area contributed by atoms with E-state index in [4.69, 9.17) is 5.11 Å². The van der Waals surface area contributed by atoms with Crippen molar-refractivity contribution in [1.82, 2.24) is 4.90 Å². The average molecular weight is 325 g/mol. The third-order valence-corrected chi connectivity index (χ3v) is 4.75. The fraction of sp³-hybridized carbons (Fsp3) is 0.467. The zero-order valence-electron chi connectivity index (χ0n) is 12.4. The van der Waals surface area contributed by atoms with Crippen molar-refractivity contribution in [1.29, 1.82) is 0 Å². The lowest BCUT2D eigenvalue weighted by atomic mass is 9.97. The predicted molar refractivity (Wildman–Crippen MR) is 81.5 cm³/mol. The SMILES string of the molecule is CS(=O)(=O)CCCC(=O)N1CCc2ccc(C(=O)O)cc2C1. The molecular weight excluding hydrogens is 306 g/mol. The molecule has 0 aromatic heterocycles. The quantitative estimate of drug-likeness (QED) is 0.875. The molecule has 0 spiro atoms. The van der Waals surface area contributed by atoms with Gasteiger partial charge in [-0.15, -0.1) is 0 Å². The highest BCUT2D eigenvalue weighted by Gasteiger charge is 2.21. The molecule has 0 radical (unpaired) electrons. The number of carboxylic acid groups (broad SMARTS) is 1. The standard InChI is InChI=1S/C15H19NO5S/c1-22(20,21)8-2-3-14(17)16-7-6-11-4-5-12(15(18)19)9-13(11)10-16/h4-5,9H,2-3,6-8,10H2,1H3,(H,18,19). The van der Waals surface area contributed by atoms with Crippen LogP contribution in [-0.4, -0.2) is 48.9 Å². The van der Waals surface area contributed by atoms with Crippen LogP contribution in [0.2, 0.25) is 0 Å². The van der Waals surface area contributed by atoms with Crippen LogP contribution in [-0.2, 0) is 27.6 Å². The van der Waals surface area contributed by atoms with Crippen LogP contribution in [0.25, 0.3) is 0 Å². The maximum atomic E-state index is 12.1. The molecule has 1 heterocycles. The molecule has 0 atom stereocenters. The number of aromatic carboxylic acids is 1. The van der Waals surface area contributed by atoms with Gasteiger partial charge in [-0.3, -0.25) is 4.79 Å². The van der Waals surface area contributed by atoms with Gasteiger partial charge in [-0.1, -0.05) is 6.07 Å². The number of carbonyl (C=O) groups excluding carboxylic acids is 1. The van der Waals surface area contributed by atoms with Crippen LogP contribution >= 0.6 is 0 Å². The van der Waals surface area contributed by atoms with Crippen molar-refractivity contribution in [3.63, 3.8) is 0 Å². The number of hydrogen-bond acceptors (Lipinski definition) is 4. The van der Waals surface area contributed by atoms with Crippen molar-refractivity contribution >= 4 is 21.7 Å². The Kier molecular flexibility index (Phi) is 4.85. The number of hydrogen-bond donors (Lipinski definition) is 1. The van der Waals surface area contributed by atoms with Crippen LogP contribution in [0, 0.1) is 0 Å². The fourth-order valence-electron chi connectivity index (χ4n) is 2.55. The Morgan fingerprint density at radius 3 is 2.64 bits per heavy atom. The Morgan fingerprint density at radius 1 is 1.27 bits per heavy atom. The Morgan fingerprint density at radius 2 is 2.00 bits per heavy atom. The normalized spacial score (nSPS) is 14.5. The number of amides is 1. The molecule has 7 heteroatoms. The van der Waals surface area contributed by atoms with Gasteiger partial charge in [0.15, 0.2) is 0 Å². The third-order valence-electron chi connectivity index (χ3n) is 3.72. The number of carbonyl (C=O) groups is 2. The van der Waals surface area contributed by atoms with Gasteiger partial charge in [0, 0.05) is 25.8 Å². The highest BCUT2D eigenvalue weighted by Crippen LogP contribution is 2.21. The number of rotatable bonds is 5. The number of nitrogens with zero attached hydrogens (tertiary/aromatic N) is 1. The van der Waals surface area contributed by atoms with E-state index in [1.807, 2.05) is 0 Å². The number of carboxylic acids is 1. The van der Waals surface area contributed by atoms with Crippen LogP contribution in [0.5, 0.6) is 0 Å². The van der Waals surface area contributed by atoms with E-state index in [-0.39, 0.29) is 23.6 Å². The zero-order valence-corrected chi connectivity index (χ0v) is 13.2. The summed E-state index contributed by atoms with van der Waals surface area (Å²) in [4.78, 5) is 24.8. The lowest BCUT2D eigenvalue weighted by Gasteiger charge is -2.29. The van der Waals surface area contributed by atoms with Crippen molar-refractivity contribution in [2.24, 2.45) is 0 Å². The highest BCUT2D eigenvalue weighted by molar-refractivity contribution is 7.90. The van der Waals surface area contributed by atoms with Crippen molar-refractivity contribution in [2.75, 3.05) is 18.6 Å². The first-order valence-electron chi connectivity index (χ1n) is 7.07. The Labute approximate surface area is 129 Å². The predicted octanol–water partition coefficient (Wildman–Crippen LogP) is 1.09. The molecule has 1 amide bonds. The van der Waals surface area contributed by atoms with Crippen LogP contribution in [0.1, 0.15) is 34.3 Å². The molecule has 0 saturated carbocycles. The largest absolute Gasteiger partial charge is 0.478 e. The molecule has 1 aliphatic heterocycles. The lowest BCUT2D eigenvalue weighted by molar-refractivity contribution is -0.132. The van der Waals surface area contributed by atoms with Crippen LogP contribution in [0.3, 0.4) is 0 Å². The van der Waals surface area contributed by atoms with Crippen LogP contribution in [0.15, 0.2) is 18.2 Å². The first kappa shape index (κ1) is 16.5. The minimum absolute atomic E-state index is 0.00628. The first-order chi connectivity index (χ1) is 10.3. The third kappa shape index (κ3) is 4.30. The Bertz CT molecular complexity index is 696. The van der Waals surface area contributed by atoms with E-state index in [9.17, 15) is 18.0 Å². The van der Waals surface area contributed by atoms with Gasteiger partial charge in [0.1, 0.15) is 9.84 Å². The minimum Gasteiger partial charge on any atom is -0.478 e. The van der Waals surface area contributed by atoms with Gasteiger partial charge in [-0.2, -0.15) is 0 Å². The van der Waals surface area contributed by atoms with Gasteiger partial charge in [0.2, 0.25) is 5.91 Å². The van der Waals surface area contributed by atoms with E-state index in [1.165, 1.54) is 0 Å². The van der Waals surface area contributed by atoms with E-state index in [1.54, 1.807) is 23.1 Å². The van der Waals surface area contributed by atoms with Crippen molar-refractivity contribution in [3.8, 4) is 0 Å². The smallest absolute Gasteiger partial charge is 0.335 e. The fourth-order valence-corrected chi connectivity index (χ4v) is 3.22. The molecule has 0 unspecified atom stereocenters. The molecule has 1 aliphatic rings. The Balaban J connectivity index is 2.00. The highest BCUT2D eigenvalue weighted by atomic mass is 32.2. The molecule has 1 aromatic rings. The second kappa shape index (κ2) is 6.48. The van der Waals surface area contributed by atoms with Gasteiger partial charge in [-0.05, 0) is 36.1 Å². The molecule has 0 saturated heterocycles. The molecule has 6 nitrogen and oxygen atoms in total. The summed E-state index contributed by atoms with van der Waals surface area (Å²) in [5.74, 6) is -1.07. The van der Waals surface area contributed by atoms with E-state index in [2.05, 4.69) is 0 Å². The minimum atomic E-state index is -3.05. The van der Waals surface area contributed by atoms with Crippen LogP contribution < -0.4 is 0 Å². The topological polar surface area (TPSA) is 91.8 Å². The summed E-state index contributed by atoms with van der Waals surface area (Å²) < 4.78 is 22.1. The maximum Gasteiger partial charge on any atom is 0.335 e. The van der Waals surface area contributed by atoms with Crippen molar-refractivity contribution in [3.05, 3.63) is 34.9 Å². The Hall–Kier alpha value is -1.89. The van der Waals surface area contributed by atoms with Crippen molar-refractivity contribution in [2.45, 2.75) is 25.8 Å². The molecule has 1 N–H and O–H groups in total. The molecule has 0 aliphatic carbocycles. The second-order valence-electron chi connectivity index (χ2n) is 5.59. The number of sulfone groups is 1. The van der Waals surface area contributed by atoms with Gasteiger partial charge >= 0.3 is 5.97 Å². The summed E-state index contributed by atoms with van der Waals surface area (Å²) in [6.45, 7) is 0.964. The van der Waals surface area contributed by atoms with E-state index in [0.29, 0.717) is 25.9 Å². The molecular formula is C15H19NO5S. The number of fused-ring (bicyclic) bond motifs is 1. The average Bonchev–Trinajstić information content (AvgIpc) is 2.44. The lowest BCUT2D eigenvalue weighted by Crippen LogP contribution is -2.36. The van der Waals surface area contributed by atoms with Gasteiger partial charge < -0.3 is 10.0 Å². The summed E-state index contributed by atoms with van der Waals surface area (Å²) in [6.07, 6.45) is 2.35. The summed E-state index contributed by atoms with van der Waals surface area (Å²) in [5.41, 5.74) is 2.12. The van der Waals surface area contributed by atoms with Gasteiger partial charge in [0.05, 0.1) is 11.3 Å². The van der Waals surface area contributed by atoms with Gasteiger partial charge in [-0.25, -0.2) is 13.2 Å². The monoisotopic (exact) mass is 325 g/mol. The summed E-state index contributed by atoms with van der Waals surface area (Å²) >= 11 is 0. The molecule has 1 aromatic carbocycles. The van der Waals surface area contributed by atoms with E-state index < -0.39 is 15.8 Å². The molecule has 0 bridgehead atoms. The second-order valence-corrected chi connectivity index (χ2v) is 7.85. The first-order valence-corrected chi connectivity index (χ1v) is 9.13. The van der Waals surface area contributed by atoms with Crippen molar-refractivity contribution < 1.29 is 23.1 Å². The van der Waals surface area contributed by atoms with Gasteiger partial charge in [0.25, 0.3) is 0 Å². The summed E-state index contributed by atoms with van der Waals surface area (Å²) in [6, 6.07) is 4.97. The maximum absolute atomic E-state index is 12.1. The summed E-state index contributed by atoms with van der Waals surface area (Å²) in [7, 11) is -3.05. The van der Waals surface area contributed by atoms with E-state index in [0.717, 1.165) is 17.4 Å². The zero-order chi connectivity index (χ0) is 16.3. The number of benzene rings is 1.